The van der Waals surface area contributed by atoms with Crippen molar-refractivity contribution in [1.29, 1.82) is 0 Å². The van der Waals surface area contributed by atoms with Crippen LogP contribution in [0.15, 0.2) is 47.5 Å². The summed E-state index contributed by atoms with van der Waals surface area (Å²) in [6.45, 7) is 0.602. The van der Waals surface area contributed by atoms with Crippen LogP contribution in [-0.2, 0) is 11.3 Å². The summed E-state index contributed by atoms with van der Waals surface area (Å²) in [7, 11) is 0. The van der Waals surface area contributed by atoms with Gasteiger partial charge in [-0.1, -0.05) is 6.07 Å². The lowest BCUT2D eigenvalue weighted by Gasteiger charge is -2.29. The number of hydrogen-bond donors (Lipinski definition) is 3. The van der Waals surface area contributed by atoms with Gasteiger partial charge in [0, 0.05) is 53.7 Å². The van der Waals surface area contributed by atoms with Crippen LogP contribution in [0.5, 0.6) is 0 Å². The lowest BCUT2D eigenvalue weighted by molar-refractivity contribution is -0.145. The molecule has 4 N–H and O–H groups in total. The second-order valence-electron chi connectivity index (χ2n) is 9.14. The molecule has 0 aromatic carbocycles. The van der Waals surface area contributed by atoms with Crippen LogP contribution in [0.25, 0.3) is 28.0 Å². The lowest BCUT2D eigenvalue weighted by atomic mass is 9.78. The van der Waals surface area contributed by atoms with E-state index in [0.29, 0.717) is 48.2 Å². The van der Waals surface area contributed by atoms with Crippen molar-refractivity contribution >= 4 is 33.4 Å². The molecule has 1 saturated carbocycles. The molecule has 1 fully saturated rings. The Morgan fingerprint density at radius 3 is 2.64 bits per heavy atom. The Labute approximate surface area is 214 Å². The van der Waals surface area contributed by atoms with Gasteiger partial charge in [-0.3, -0.25) is 4.98 Å². The molecule has 0 radical (unpaired) electrons. The number of aliphatic carboxylic acids is 1. The second kappa shape index (κ2) is 9.98. The monoisotopic (exact) mass is 556 g/mol. The molecule has 4 aromatic heterocycles. The van der Waals surface area contributed by atoms with E-state index in [-0.39, 0.29) is 12.5 Å². The average molecular weight is 557 g/mol. The van der Waals surface area contributed by atoms with E-state index >= 15 is 0 Å². The van der Waals surface area contributed by atoms with Crippen LogP contribution in [0.2, 0.25) is 0 Å². The van der Waals surface area contributed by atoms with Crippen molar-refractivity contribution in [1.82, 2.24) is 24.1 Å². The van der Waals surface area contributed by atoms with Gasteiger partial charge in [-0.05, 0) is 53.7 Å². The number of pyridine rings is 1. The molecule has 0 bridgehead atoms. The number of nitrogens with zero attached hydrogens (tertiary/aromatic N) is 5. The number of carbonyl (C=O) groups is 1. The number of hydrogen-bond acceptors (Lipinski definition) is 6. The van der Waals surface area contributed by atoms with Crippen molar-refractivity contribution in [3.63, 3.8) is 0 Å². The summed E-state index contributed by atoms with van der Waals surface area (Å²) in [5, 5.41) is 22.6. The van der Waals surface area contributed by atoms with Crippen molar-refractivity contribution < 1.29 is 19.4 Å². The smallest absolute Gasteiger partial charge is 0.338 e. The number of aliphatic hydroxyl groups excluding tert-OH is 1. The quantitative estimate of drug-likeness (QED) is 0.309. The topological polar surface area (TPSA) is 132 Å². The zero-order valence-corrected chi connectivity index (χ0v) is 21.0. The predicted octanol–water partition coefficient (Wildman–Crippen LogP) is 4.29. The third-order valence-corrected chi connectivity index (χ3v) is 7.75. The molecule has 11 heteroatoms. The Morgan fingerprint density at radius 1 is 1.19 bits per heavy atom. The minimum absolute atomic E-state index is 0.0372. The minimum Gasteiger partial charge on any atom is -0.479 e. The predicted molar refractivity (Wildman–Crippen MR) is 136 cm³/mol. The fourth-order valence-electron chi connectivity index (χ4n) is 4.95. The SMILES string of the molecule is Nc1c(Br)c([C@H]2CC[C@@H](C(F)C(=O)O)CC2)nc2c(-c3ccc(-c4ccn(CCO)c4)nc3)cnn12. The van der Waals surface area contributed by atoms with E-state index in [0.717, 1.165) is 28.1 Å². The highest BCUT2D eigenvalue weighted by Crippen LogP contribution is 2.41. The largest absolute Gasteiger partial charge is 0.479 e. The maximum Gasteiger partial charge on any atom is 0.338 e. The molecule has 1 atom stereocenters. The Bertz CT molecular complexity index is 1400. The molecular formula is C25H26BrFN6O3. The molecule has 9 nitrogen and oxygen atoms in total. The molecule has 0 spiro atoms. The van der Waals surface area contributed by atoms with Gasteiger partial charge in [0.05, 0.1) is 28.7 Å². The zero-order chi connectivity index (χ0) is 25.4. The summed E-state index contributed by atoms with van der Waals surface area (Å²) < 4.78 is 18.1. The Hall–Kier alpha value is -3.31. The highest BCUT2D eigenvalue weighted by Gasteiger charge is 2.34. The van der Waals surface area contributed by atoms with Gasteiger partial charge in [0.15, 0.2) is 11.8 Å². The summed E-state index contributed by atoms with van der Waals surface area (Å²) in [6, 6.07) is 5.84. The van der Waals surface area contributed by atoms with Crippen molar-refractivity contribution in [2.75, 3.05) is 12.3 Å². The number of nitrogens with two attached hydrogens (primary N) is 1. The number of carboxylic acid groups (broad SMARTS) is 1. The van der Waals surface area contributed by atoms with Crippen molar-refractivity contribution in [2.45, 2.75) is 44.3 Å². The Morgan fingerprint density at radius 2 is 1.97 bits per heavy atom. The number of anilines is 1. The molecular weight excluding hydrogens is 531 g/mol. The summed E-state index contributed by atoms with van der Waals surface area (Å²) in [5.74, 6) is -1.41. The van der Waals surface area contributed by atoms with E-state index in [2.05, 4.69) is 26.0 Å². The molecule has 0 amide bonds. The number of fused-ring (bicyclic) bond motifs is 1. The first-order valence-corrected chi connectivity index (χ1v) is 12.6. The van der Waals surface area contributed by atoms with Gasteiger partial charge in [0.2, 0.25) is 0 Å². The van der Waals surface area contributed by atoms with E-state index in [9.17, 15) is 9.18 Å². The van der Waals surface area contributed by atoms with Gasteiger partial charge in [-0.2, -0.15) is 9.61 Å². The summed E-state index contributed by atoms with van der Waals surface area (Å²) in [4.78, 5) is 20.6. The van der Waals surface area contributed by atoms with Gasteiger partial charge in [-0.25, -0.2) is 14.2 Å². The molecule has 188 valence electrons. The first-order valence-electron chi connectivity index (χ1n) is 11.8. The molecule has 1 unspecified atom stereocenters. The van der Waals surface area contributed by atoms with Crippen LogP contribution < -0.4 is 5.73 Å². The first kappa shape index (κ1) is 24.4. The third kappa shape index (κ3) is 4.48. The highest BCUT2D eigenvalue weighted by molar-refractivity contribution is 9.10. The molecule has 4 heterocycles. The molecule has 1 aliphatic carbocycles. The average Bonchev–Trinajstić information content (AvgIpc) is 3.54. The van der Waals surface area contributed by atoms with Crippen molar-refractivity contribution in [3.05, 3.63) is 53.2 Å². The molecule has 36 heavy (non-hydrogen) atoms. The first-order chi connectivity index (χ1) is 17.4. The van der Waals surface area contributed by atoms with Gasteiger partial charge in [-0.15, -0.1) is 0 Å². The van der Waals surface area contributed by atoms with Crippen LogP contribution in [0.4, 0.5) is 10.2 Å². The summed E-state index contributed by atoms with van der Waals surface area (Å²) >= 11 is 3.57. The number of alkyl halides is 1. The third-order valence-electron chi connectivity index (χ3n) is 6.94. The normalized spacial score (nSPS) is 19.0. The standard InChI is InChI=1S/C25H26BrFN6O3/c26-20-22(15-3-1-14(2-4-15)21(27)25(35)36)31-24-18(12-30-33(24)23(20)28)16-5-6-19(29-11-16)17-7-8-32(13-17)9-10-34/h5-8,11-15,21,34H,1-4,9-10,28H2,(H,35,36)/t14-,15+,21?. The van der Waals surface area contributed by atoms with E-state index < -0.39 is 18.1 Å². The zero-order valence-electron chi connectivity index (χ0n) is 19.4. The highest BCUT2D eigenvalue weighted by atomic mass is 79.9. The van der Waals surface area contributed by atoms with Crippen LogP contribution in [0, 0.1) is 5.92 Å². The van der Waals surface area contributed by atoms with Crippen LogP contribution in [-0.4, -0.2) is 53.1 Å². The van der Waals surface area contributed by atoms with E-state index in [1.54, 1.807) is 16.9 Å². The van der Waals surface area contributed by atoms with Crippen molar-refractivity contribution in [3.8, 4) is 22.4 Å². The van der Waals surface area contributed by atoms with Gasteiger partial charge >= 0.3 is 5.97 Å². The van der Waals surface area contributed by atoms with Crippen LogP contribution in [0.3, 0.4) is 0 Å². The fourth-order valence-corrected chi connectivity index (χ4v) is 5.53. The summed E-state index contributed by atoms with van der Waals surface area (Å²) in [5.41, 5.74) is 11.2. The maximum atomic E-state index is 14.0. The minimum atomic E-state index is -1.83. The summed E-state index contributed by atoms with van der Waals surface area (Å²) in [6.07, 6.45) is 7.72. The molecule has 0 aliphatic heterocycles. The van der Waals surface area contributed by atoms with E-state index in [4.69, 9.17) is 20.9 Å². The number of rotatable bonds is 7. The number of aromatic nitrogens is 5. The van der Waals surface area contributed by atoms with Crippen LogP contribution in [0.1, 0.15) is 37.3 Å². The van der Waals surface area contributed by atoms with E-state index in [1.165, 1.54) is 0 Å². The number of aliphatic hydroxyl groups is 1. The number of halogens is 2. The number of nitrogen functional groups attached to an aromatic ring is 1. The maximum absolute atomic E-state index is 14.0. The Kier molecular flexibility index (Phi) is 6.76. The Balaban J connectivity index is 1.43. The van der Waals surface area contributed by atoms with E-state index in [1.807, 2.05) is 35.2 Å². The lowest BCUT2D eigenvalue weighted by Crippen LogP contribution is -2.28. The van der Waals surface area contributed by atoms with Gasteiger partial charge in [0.25, 0.3) is 0 Å². The van der Waals surface area contributed by atoms with Crippen LogP contribution >= 0.6 is 15.9 Å². The molecule has 4 aromatic rings. The molecule has 0 saturated heterocycles. The molecule has 5 rings (SSSR count). The van der Waals surface area contributed by atoms with Crippen molar-refractivity contribution in [2.24, 2.45) is 5.92 Å². The van der Waals surface area contributed by atoms with Gasteiger partial charge < -0.3 is 20.5 Å². The molecule has 1 aliphatic rings. The second-order valence-corrected chi connectivity index (χ2v) is 9.93. The van der Waals surface area contributed by atoms with Gasteiger partial charge in [0.1, 0.15) is 5.82 Å². The fraction of sp³-hybridized carbons (Fsp3) is 0.360. The number of carboxylic acids is 1.